The third-order valence-electron chi connectivity index (χ3n) is 2.59. The third-order valence-corrected chi connectivity index (χ3v) is 3.34. The molecule has 0 aliphatic heterocycles. The summed E-state index contributed by atoms with van der Waals surface area (Å²) in [6, 6.07) is 2.97. The Kier molecular flexibility index (Phi) is 4.81. The van der Waals surface area contributed by atoms with E-state index in [9.17, 15) is 15.0 Å². The lowest BCUT2D eigenvalue weighted by Crippen LogP contribution is -2.19. The molecule has 0 bridgehead atoms. The molecule has 0 aliphatic rings. The van der Waals surface area contributed by atoms with Gasteiger partial charge in [-0.25, -0.2) is 4.68 Å². The van der Waals surface area contributed by atoms with E-state index in [0.717, 1.165) is 0 Å². The van der Waals surface area contributed by atoms with Crippen LogP contribution in [0.3, 0.4) is 0 Å². The van der Waals surface area contributed by atoms with Crippen molar-refractivity contribution in [2.75, 3.05) is 5.32 Å². The van der Waals surface area contributed by atoms with E-state index in [0.29, 0.717) is 10.2 Å². The Bertz CT molecular complexity index is 651. The molecular weight excluding hydrogens is 364 g/mol. The number of phenolic OH excluding ortho intramolecular Hbond substituents is 1. The summed E-state index contributed by atoms with van der Waals surface area (Å²) in [5, 5.41) is 29.3. The molecule has 112 valence electrons. The highest BCUT2D eigenvalue weighted by molar-refractivity contribution is 9.10. The van der Waals surface area contributed by atoms with Crippen LogP contribution >= 0.6 is 27.5 Å². The number of nitrogens with zero attached hydrogens (tertiary/aromatic N) is 3. The van der Waals surface area contributed by atoms with Crippen LogP contribution in [0.25, 0.3) is 0 Å². The Morgan fingerprint density at radius 2 is 2.29 bits per heavy atom. The lowest BCUT2D eigenvalue weighted by molar-refractivity contribution is -0.116. The van der Waals surface area contributed by atoms with Crippen molar-refractivity contribution in [2.45, 2.75) is 19.6 Å². The maximum absolute atomic E-state index is 11.9. The normalized spacial score (nSPS) is 12.2. The van der Waals surface area contributed by atoms with Crippen molar-refractivity contribution in [1.29, 1.82) is 0 Å². The standard InChI is InChI=1S/C12H12BrClN4O3/c1-6(19)9-4-18(17-16-9)5-11(21)15-12-8(14)2-7(13)3-10(12)20/h2-4,6,19-20H,5H2,1H3,(H,15,21). The first kappa shape index (κ1) is 15.7. The van der Waals surface area contributed by atoms with Gasteiger partial charge in [0.1, 0.15) is 23.7 Å². The fourth-order valence-corrected chi connectivity index (χ4v) is 2.43. The maximum atomic E-state index is 11.9. The second kappa shape index (κ2) is 6.42. The predicted octanol–water partition coefficient (Wildman–Crippen LogP) is 2.09. The van der Waals surface area contributed by atoms with Gasteiger partial charge in [0.2, 0.25) is 5.91 Å². The molecule has 21 heavy (non-hydrogen) atoms. The number of halogens is 2. The monoisotopic (exact) mass is 374 g/mol. The second-order valence-corrected chi connectivity index (χ2v) is 5.67. The summed E-state index contributed by atoms with van der Waals surface area (Å²) in [4.78, 5) is 11.9. The summed E-state index contributed by atoms with van der Waals surface area (Å²) < 4.78 is 1.88. The van der Waals surface area contributed by atoms with Crippen molar-refractivity contribution in [1.82, 2.24) is 15.0 Å². The lowest BCUT2D eigenvalue weighted by atomic mass is 10.3. The summed E-state index contributed by atoms with van der Waals surface area (Å²) in [7, 11) is 0. The number of phenols is 1. The summed E-state index contributed by atoms with van der Waals surface area (Å²) in [5.74, 6) is -0.581. The number of hydrogen-bond donors (Lipinski definition) is 3. The van der Waals surface area contributed by atoms with Gasteiger partial charge in [-0.2, -0.15) is 0 Å². The number of carbonyl (C=O) groups is 1. The van der Waals surface area contributed by atoms with Crippen LogP contribution in [-0.4, -0.2) is 31.1 Å². The van der Waals surface area contributed by atoms with Gasteiger partial charge < -0.3 is 15.5 Å². The molecule has 1 aromatic carbocycles. The number of benzene rings is 1. The van der Waals surface area contributed by atoms with E-state index in [1.165, 1.54) is 16.9 Å². The van der Waals surface area contributed by atoms with Gasteiger partial charge in [0.15, 0.2) is 0 Å². The van der Waals surface area contributed by atoms with Crippen LogP contribution in [0.15, 0.2) is 22.8 Å². The minimum absolute atomic E-state index is 0.119. The summed E-state index contributed by atoms with van der Waals surface area (Å²) in [6.07, 6.45) is 0.708. The molecule has 2 rings (SSSR count). The number of nitrogens with one attached hydrogen (secondary N) is 1. The van der Waals surface area contributed by atoms with Crippen LogP contribution in [0, 0.1) is 0 Å². The van der Waals surface area contributed by atoms with Crippen molar-refractivity contribution in [3.05, 3.63) is 33.5 Å². The van der Waals surface area contributed by atoms with E-state index in [4.69, 9.17) is 11.6 Å². The van der Waals surface area contributed by atoms with Crippen LogP contribution < -0.4 is 5.32 Å². The molecule has 1 aromatic heterocycles. The minimum atomic E-state index is -0.758. The second-order valence-electron chi connectivity index (χ2n) is 4.35. The Labute approximate surface area is 133 Å². The predicted molar refractivity (Wildman–Crippen MR) is 80.1 cm³/mol. The van der Waals surface area contributed by atoms with Gasteiger partial charge in [-0.3, -0.25) is 4.79 Å². The third kappa shape index (κ3) is 3.93. The molecule has 0 spiro atoms. The maximum Gasteiger partial charge on any atom is 0.246 e. The highest BCUT2D eigenvalue weighted by Gasteiger charge is 2.13. The van der Waals surface area contributed by atoms with E-state index in [-0.39, 0.29) is 23.0 Å². The average Bonchev–Trinajstić information content (AvgIpc) is 2.82. The Hall–Kier alpha value is -1.64. The number of carbonyl (C=O) groups excluding carboxylic acids is 1. The van der Waals surface area contributed by atoms with Crippen molar-refractivity contribution < 1.29 is 15.0 Å². The van der Waals surface area contributed by atoms with E-state index >= 15 is 0 Å². The first-order valence-corrected chi connectivity index (χ1v) is 7.10. The first-order chi connectivity index (χ1) is 9.86. The highest BCUT2D eigenvalue weighted by Crippen LogP contribution is 2.34. The van der Waals surface area contributed by atoms with Crippen molar-refractivity contribution in [2.24, 2.45) is 0 Å². The highest BCUT2D eigenvalue weighted by atomic mass is 79.9. The van der Waals surface area contributed by atoms with E-state index in [1.54, 1.807) is 13.0 Å². The van der Waals surface area contributed by atoms with Crippen LogP contribution in [0.2, 0.25) is 5.02 Å². The number of aromatic nitrogens is 3. The van der Waals surface area contributed by atoms with Crippen molar-refractivity contribution in [3.63, 3.8) is 0 Å². The number of aromatic hydroxyl groups is 1. The lowest BCUT2D eigenvalue weighted by Gasteiger charge is -2.09. The topological polar surface area (TPSA) is 100 Å². The molecule has 2 aromatic rings. The van der Waals surface area contributed by atoms with E-state index in [2.05, 4.69) is 31.6 Å². The molecule has 1 unspecified atom stereocenters. The fourth-order valence-electron chi connectivity index (χ4n) is 1.59. The van der Waals surface area contributed by atoms with E-state index < -0.39 is 12.0 Å². The zero-order valence-corrected chi connectivity index (χ0v) is 13.3. The number of hydrogen-bond acceptors (Lipinski definition) is 5. The van der Waals surface area contributed by atoms with Crippen molar-refractivity contribution in [3.8, 4) is 5.75 Å². The molecule has 1 heterocycles. The summed E-state index contributed by atoms with van der Waals surface area (Å²) >= 11 is 9.14. The number of aliphatic hydroxyl groups excluding tert-OH is 1. The van der Waals surface area contributed by atoms with Gasteiger partial charge in [-0.15, -0.1) is 5.10 Å². The van der Waals surface area contributed by atoms with Crippen molar-refractivity contribution >= 4 is 39.1 Å². The average molecular weight is 376 g/mol. The quantitative estimate of drug-likeness (QED) is 0.711. The zero-order chi connectivity index (χ0) is 15.6. The molecule has 0 radical (unpaired) electrons. The first-order valence-electron chi connectivity index (χ1n) is 5.92. The molecule has 7 nitrogen and oxygen atoms in total. The van der Waals surface area contributed by atoms with Crippen LogP contribution in [-0.2, 0) is 11.3 Å². The van der Waals surface area contributed by atoms with Crippen LogP contribution in [0.4, 0.5) is 5.69 Å². The number of rotatable bonds is 4. The number of aliphatic hydroxyl groups is 1. The molecule has 1 amide bonds. The molecule has 3 N–H and O–H groups in total. The largest absolute Gasteiger partial charge is 0.506 e. The molecule has 1 atom stereocenters. The molecule has 0 fully saturated rings. The van der Waals surface area contributed by atoms with Gasteiger partial charge in [-0.1, -0.05) is 32.7 Å². The number of anilines is 1. The van der Waals surface area contributed by atoms with Gasteiger partial charge >= 0.3 is 0 Å². The van der Waals surface area contributed by atoms with Gasteiger partial charge in [0.25, 0.3) is 0 Å². The SMILES string of the molecule is CC(O)c1cn(CC(=O)Nc2c(O)cc(Br)cc2Cl)nn1. The van der Waals surface area contributed by atoms with E-state index in [1.807, 2.05) is 0 Å². The summed E-state index contributed by atoms with van der Waals surface area (Å²) in [5.41, 5.74) is 0.494. The van der Waals surface area contributed by atoms with Gasteiger partial charge in [-0.05, 0) is 19.1 Å². The van der Waals surface area contributed by atoms with Crippen LogP contribution in [0.5, 0.6) is 5.75 Å². The van der Waals surface area contributed by atoms with Gasteiger partial charge in [0.05, 0.1) is 17.3 Å². The molecular formula is C12H12BrClN4O3. The molecule has 0 aliphatic carbocycles. The fraction of sp³-hybridized carbons (Fsp3) is 0.250. The molecule has 9 heteroatoms. The van der Waals surface area contributed by atoms with Crippen LogP contribution in [0.1, 0.15) is 18.7 Å². The summed E-state index contributed by atoms with van der Waals surface area (Å²) in [6.45, 7) is 1.43. The van der Waals surface area contributed by atoms with Gasteiger partial charge in [0, 0.05) is 4.47 Å². The molecule has 0 saturated heterocycles. The Morgan fingerprint density at radius 1 is 1.57 bits per heavy atom. The molecule has 0 saturated carbocycles. The Balaban J connectivity index is 2.08. The Morgan fingerprint density at radius 3 is 2.86 bits per heavy atom. The number of amides is 1. The minimum Gasteiger partial charge on any atom is -0.506 e. The zero-order valence-electron chi connectivity index (χ0n) is 10.9. The smallest absolute Gasteiger partial charge is 0.246 e.